The molecule has 0 atom stereocenters. The van der Waals surface area contributed by atoms with E-state index in [0.717, 1.165) is 11.3 Å². The van der Waals surface area contributed by atoms with Crippen molar-refractivity contribution in [2.24, 2.45) is 0 Å². The van der Waals surface area contributed by atoms with E-state index in [9.17, 15) is 4.79 Å². The van der Waals surface area contributed by atoms with Crippen molar-refractivity contribution in [2.45, 2.75) is 6.54 Å². The maximum atomic E-state index is 11.7. The highest BCUT2D eigenvalue weighted by Gasteiger charge is 2.21. The van der Waals surface area contributed by atoms with E-state index in [2.05, 4.69) is 5.32 Å². The number of rotatable bonds is 3. The summed E-state index contributed by atoms with van der Waals surface area (Å²) in [6, 6.07) is 5.10. The molecule has 0 unspecified atom stereocenters. The van der Waals surface area contributed by atoms with Crippen molar-refractivity contribution >= 4 is 17.4 Å². The Labute approximate surface area is 94.2 Å². The number of anilines is 1. The van der Waals surface area contributed by atoms with Gasteiger partial charge in [0.15, 0.2) is 0 Å². The fourth-order valence-corrected chi connectivity index (χ4v) is 1.70. The number of nitrogens with one attached hydrogen (secondary N) is 2. The van der Waals surface area contributed by atoms with Gasteiger partial charge in [-0.2, -0.15) is 0 Å². The zero-order valence-corrected chi connectivity index (χ0v) is 9.12. The van der Waals surface area contributed by atoms with Crippen LogP contribution in [0.15, 0.2) is 18.2 Å². The van der Waals surface area contributed by atoms with Gasteiger partial charge in [0.25, 0.3) is 0 Å². The van der Waals surface area contributed by atoms with Gasteiger partial charge in [0.1, 0.15) is 0 Å². The van der Waals surface area contributed by atoms with Gasteiger partial charge in [0.05, 0.1) is 12.3 Å². The highest BCUT2D eigenvalue weighted by Crippen LogP contribution is 2.25. The summed E-state index contributed by atoms with van der Waals surface area (Å²) in [5.74, 6) is 0. The van der Waals surface area contributed by atoms with Gasteiger partial charge in [0.2, 0.25) is 0 Å². The van der Waals surface area contributed by atoms with Crippen LogP contribution in [-0.4, -0.2) is 31.2 Å². The topological polar surface area (TPSA) is 65.4 Å². The largest absolute Gasteiger partial charge is 0.383 e. The third-order valence-electron chi connectivity index (χ3n) is 2.56. The van der Waals surface area contributed by atoms with Crippen LogP contribution in [0.5, 0.6) is 0 Å². The Morgan fingerprint density at radius 1 is 1.56 bits per heavy atom. The molecule has 0 aliphatic carbocycles. The van der Waals surface area contributed by atoms with E-state index in [-0.39, 0.29) is 6.03 Å². The normalized spacial score (nSPS) is 14.6. The first-order valence-electron chi connectivity index (χ1n) is 5.10. The summed E-state index contributed by atoms with van der Waals surface area (Å²) >= 11 is 0. The zero-order valence-electron chi connectivity index (χ0n) is 9.12. The van der Waals surface area contributed by atoms with Crippen molar-refractivity contribution < 1.29 is 9.53 Å². The minimum absolute atomic E-state index is 0.109. The molecule has 1 aliphatic rings. The maximum absolute atomic E-state index is 11.7. The average Bonchev–Trinajstić information content (AvgIpc) is 2.27. The number of benzene rings is 1. The number of methoxy groups -OCH3 is 1. The van der Waals surface area contributed by atoms with Crippen molar-refractivity contribution in [3.63, 3.8) is 0 Å². The van der Waals surface area contributed by atoms with Crippen molar-refractivity contribution in [3.05, 3.63) is 23.8 Å². The first kappa shape index (κ1) is 10.8. The number of hydrogen-bond acceptors (Lipinski definition) is 2. The van der Waals surface area contributed by atoms with E-state index < -0.39 is 0 Å². The lowest BCUT2D eigenvalue weighted by atomic mass is 10.1. The fourth-order valence-electron chi connectivity index (χ4n) is 1.70. The van der Waals surface area contributed by atoms with Crippen LogP contribution in [0.1, 0.15) is 5.56 Å². The predicted molar refractivity (Wildman–Crippen MR) is 60.5 cm³/mol. The van der Waals surface area contributed by atoms with Gasteiger partial charge < -0.3 is 20.7 Å². The van der Waals surface area contributed by atoms with E-state index in [1.165, 1.54) is 0 Å². The second-order valence-corrected chi connectivity index (χ2v) is 3.72. The molecule has 0 spiro atoms. The molecule has 5 heteroatoms. The lowest BCUT2D eigenvalue weighted by Gasteiger charge is -2.29. The molecule has 16 heavy (non-hydrogen) atoms. The number of hydrogen-bond donors (Lipinski definition) is 1. The molecule has 0 aromatic heterocycles. The number of amides is 2. The summed E-state index contributed by atoms with van der Waals surface area (Å²) in [4.78, 5) is 13.3. The highest BCUT2D eigenvalue weighted by atomic mass is 16.5. The van der Waals surface area contributed by atoms with Crippen molar-refractivity contribution in [3.8, 4) is 0 Å². The molecule has 1 aromatic carbocycles. The summed E-state index contributed by atoms with van der Waals surface area (Å²) in [6.07, 6.45) is 0. The summed E-state index contributed by atoms with van der Waals surface area (Å²) < 4.78 is 4.95. The maximum Gasteiger partial charge on any atom is 0.322 e. The van der Waals surface area contributed by atoms with Gasteiger partial charge in [0, 0.05) is 25.9 Å². The molecule has 1 aromatic rings. The second kappa shape index (κ2) is 4.40. The van der Waals surface area contributed by atoms with Crippen LogP contribution in [0, 0.1) is 0 Å². The first-order valence-corrected chi connectivity index (χ1v) is 5.10. The van der Waals surface area contributed by atoms with Gasteiger partial charge in [-0.05, 0) is 23.8 Å². The number of nitrogens with zero attached hydrogens (tertiary/aromatic N) is 1. The SMILES string of the molecule is COCCN1Cc2cc([NH])ccc2NC1=O. The van der Waals surface area contributed by atoms with Crippen LogP contribution < -0.4 is 11.1 Å². The molecule has 0 bridgehead atoms. The molecule has 85 valence electrons. The van der Waals surface area contributed by atoms with E-state index in [4.69, 9.17) is 10.5 Å². The van der Waals surface area contributed by atoms with Crippen LogP contribution >= 0.6 is 0 Å². The number of carbonyl (C=O) groups excluding carboxylic acids is 1. The molecule has 0 saturated carbocycles. The highest BCUT2D eigenvalue weighted by molar-refractivity contribution is 5.92. The molecule has 1 heterocycles. The molecule has 0 fully saturated rings. The van der Waals surface area contributed by atoms with E-state index >= 15 is 0 Å². The number of fused-ring (bicyclic) bond motifs is 1. The lowest BCUT2D eigenvalue weighted by Crippen LogP contribution is -2.40. The molecule has 2 rings (SSSR count). The minimum Gasteiger partial charge on any atom is -0.383 e. The zero-order chi connectivity index (χ0) is 11.5. The van der Waals surface area contributed by atoms with Crippen molar-refractivity contribution in [1.82, 2.24) is 10.6 Å². The van der Waals surface area contributed by atoms with E-state index in [1.54, 1.807) is 30.2 Å². The Bertz CT molecular complexity index is 406. The molecular weight excluding hydrogens is 206 g/mol. The van der Waals surface area contributed by atoms with Gasteiger partial charge in [-0.25, -0.2) is 4.79 Å². The Hall–Kier alpha value is -1.75. The van der Waals surface area contributed by atoms with Crippen molar-refractivity contribution in [1.29, 1.82) is 0 Å². The van der Waals surface area contributed by atoms with Crippen LogP contribution in [0.25, 0.3) is 0 Å². The Kier molecular flexibility index (Phi) is 2.96. The van der Waals surface area contributed by atoms with Crippen LogP contribution in [0.3, 0.4) is 0 Å². The third kappa shape index (κ3) is 2.09. The Morgan fingerprint density at radius 3 is 3.12 bits per heavy atom. The third-order valence-corrected chi connectivity index (χ3v) is 2.56. The van der Waals surface area contributed by atoms with Crippen molar-refractivity contribution in [2.75, 3.05) is 25.6 Å². The first-order chi connectivity index (χ1) is 7.70. The monoisotopic (exact) mass is 220 g/mol. The Balaban J connectivity index is 2.16. The van der Waals surface area contributed by atoms with Gasteiger partial charge in [-0.3, -0.25) is 0 Å². The second-order valence-electron chi connectivity index (χ2n) is 3.72. The van der Waals surface area contributed by atoms with E-state index in [1.807, 2.05) is 0 Å². The molecular formula is C11H14N3O2. The minimum atomic E-state index is -0.109. The fraction of sp³-hybridized carbons (Fsp3) is 0.364. The number of urea groups is 1. The molecule has 2 N–H and O–H groups in total. The number of ether oxygens (including phenoxy) is 1. The van der Waals surface area contributed by atoms with E-state index in [0.29, 0.717) is 25.4 Å². The smallest absolute Gasteiger partial charge is 0.322 e. The van der Waals surface area contributed by atoms with Gasteiger partial charge >= 0.3 is 6.03 Å². The molecule has 5 nitrogen and oxygen atoms in total. The standard InChI is InChI=1S/C11H14N3O2/c1-16-5-4-14-7-8-6-9(12)2-3-10(8)13-11(14)15/h2-3,6,12H,4-5,7H2,1H3,(H,13,15). The molecule has 1 aliphatic heterocycles. The molecule has 2 amide bonds. The van der Waals surface area contributed by atoms with Crippen LogP contribution in [-0.2, 0) is 11.3 Å². The average molecular weight is 220 g/mol. The Morgan fingerprint density at radius 2 is 2.38 bits per heavy atom. The molecule has 0 saturated heterocycles. The lowest BCUT2D eigenvalue weighted by molar-refractivity contribution is 0.151. The summed E-state index contributed by atoms with van der Waals surface area (Å²) in [6.45, 7) is 1.62. The predicted octanol–water partition coefficient (Wildman–Crippen LogP) is 1.59. The quantitative estimate of drug-likeness (QED) is 0.840. The van der Waals surface area contributed by atoms with Gasteiger partial charge in [-0.15, -0.1) is 0 Å². The summed E-state index contributed by atoms with van der Waals surface area (Å²) in [7, 11) is 1.61. The summed E-state index contributed by atoms with van der Waals surface area (Å²) in [5.41, 5.74) is 9.77. The van der Waals surface area contributed by atoms with Crippen LogP contribution in [0.2, 0.25) is 0 Å². The summed E-state index contributed by atoms with van der Waals surface area (Å²) in [5, 5.41) is 2.79. The molecule has 1 radical (unpaired) electrons. The van der Waals surface area contributed by atoms with Crippen LogP contribution in [0.4, 0.5) is 16.2 Å². The number of carbonyl (C=O) groups is 1. The van der Waals surface area contributed by atoms with Gasteiger partial charge in [-0.1, -0.05) is 0 Å².